The first-order valence-electron chi connectivity index (χ1n) is 6.98. The molecule has 1 N–H and O–H groups in total. The molecule has 0 aliphatic carbocycles. The summed E-state index contributed by atoms with van der Waals surface area (Å²) in [6.45, 7) is 1.23. The van der Waals surface area contributed by atoms with Gasteiger partial charge in [0.25, 0.3) is 5.91 Å². The van der Waals surface area contributed by atoms with Crippen molar-refractivity contribution in [2.45, 2.75) is 13.0 Å². The topological polar surface area (TPSA) is 64.6 Å². The molecule has 0 aliphatic heterocycles. The fourth-order valence-electron chi connectivity index (χ4n) is 1.72. The van der Waals surface area contributed by atoms with E-state index < -0.39 is 18.0 Å². The van der Waals surface area contributed by atoms with E-state index in [1.807, 2.05) is 6.07 Å². The molecule has 23 heavy (non-hydrogen) atoms. The molecule has 0 radical (unpaired) electrons. The van der Waals surface area contributed by atoms with E-state index in [4.69, 9.17) is 21.1 Å². The molecule has 1 atom stereocenters. The second-order valence-electron chi connectivity index (χ2n) is 4.73. The van der Waals surface area contributed by atoms with Crippen LogP contribution in [-0.4, -0.2) is 24.6 Å². The SMILES string of the molecule is CC(OC(=O)COc1ccccc1)C(=O)Nc1ccc(Cl)cc1. The van der Waals surface area contributed by atoms with E-state index in [1.165, 1.54) is 6.92 Å². The van der Waals surface area contributed by atoms with Crippen molar-refractivity contribution >= 4 is 29.2 Å². The summed E-state index contributed by atoms with van der Waals surface area (Å²) in [5.41, 5.74) is 0.572. The van der Waals surface area contributed by atoms with Crippen LogP contribution in [0.3, 0.4) is 0 Å². The van der Waals surface area contributed by atoms with Gasteiger partial charge in [-0.1, -0.05) is 29.8 Å². The van der Waals surface area contributed by atoms with Crippen LogP contribution in [0.4, 0.5) is 5.69 Å². The average molecular weight is 334 g/mol. The van der Waals surface area contributed by atoms with Gasteiger partial charge in [0.2, 0.25) is 0 Å². The maximum Gasteiger partial charge on any atom is 0.344 e. The van der Waals surface area contributed by atoms with Crippen molar-refractivity contribution in [3.8, 4) is 5.75 Å². The lowest BCUT2D eigenvalue weighted by Gasteiger charge is -2.14. The summed E-state index contributed by atoms with van der Waals surface area (Å²) in [5.74, 6) is -0.490. The van der Waals surface area contributed by atoms with E-state index in [1.54, 1.807) is 48.5 Å². The van der Waals surface area contributed by atoms with Crippen LogP contribution < -0.4 is 10.1 Å². The molecule has 6 heteroatoms. The molecule has 1 amide bonds. The zero-order chi connectivity index (χ0) is 16.7. The predicted molar refractivity (Wildman–Crippen MR) is 87.6 cm³/mol. The van der Waals surface area contributed by atoms with Gasteiger partial charge in [-0.05, 0) is 43.3 Å². The van der Waals surface area contributed by atoms with E-state index in [9.17, 15) is 9.59 Å². The number of carbonyl (C=O) groups excluding carboxylic acids is 2. The minimum absolute atomic E-state index is 0.261. The van der Waals surface area contributed by atoms with Gasteiger partial charge in [0.15, 0.2) is 12.7 Å². The number of halogens is 1. The Morgan fingerprint density at radius 2 is 1.74 bits per heavy atom. The second-order valence-corrected chi connectivity index (χ2v) is 5.17. The Labute approximate surface area is 139 Å². The quantitative estimate of drug-likeness (QED) is 0.824. The van der Waals surface area contributed by atoms with Gasteiger partial charge in [-0.25, -0.2) is 4.79 Å². The second kappa shape index (κ2) is 8.19. The number of ether oxygens (including phenoxy) is 2. The number of rotatable bonds is 6. The summed E-state index contributed by atoms with van der Waals surface area (Å²) in [5, 5.41) is 3.20. The number of esters is 1. The first-order valence-corrected chi connectivity index (χ1v) is 7.36. The summed E-state index contributed by atoms with van der Waals surface area (Å²) in [4.78, 5) is 23.6. The fourth-order valence-corrected chi connectivity index (χ4v) is 1.85. The van der Waals surface area contributed by atoms with Crippen LogP contribution in [-0.2, 0) is 14.3 Å². The van der Waals surface area contributed by atoms with Crippen LogP contribution in [0, 0.1) is 0 Å². The lowest BCUT2D eigenvalue weighted by molar-refractivity contribution is -0.155. The molecule has 0 bridgehead atoms. The molecule has 2 aromatic rings. The van der Waals surface area contributed by atoms with Crippen molar-refractivity contribution in [3.05, 3.63) is 59.6 Å². The van der Waals surface area contributed by atoms with Gasteiger partial charge in [-0.3, -0.25) is 4.79 Å². The largest absolute Gasteiger partial charge is 0.482 e. The number of hydrogen-bond acceptors (Lipinski definition) is 4. The molecule has 0 saturated heterocycles. The van der Waals surface area contributed by atoms with Gasteiger partial charge in [0.1, 0.15) is 5.75 Å². The number of para-hydroxylation sites is 1. The summed E-state index contributed by atoms with van der Waals surface area (Å²) >= 11 is 5.77. The summed E-state index contributed by atoms with van der Waals surface area (Å²) in [6.07, 6.45) is -0.933. The highest BCUT2D eigenvalue weighted by atomic mass is 35.5. The van der Waals surface area contributed by atoms with Crippen LogP contribution >= 0.6 is 11.6 Å². The van der Waals surface area contributed by atoms with E-state index in [2.05, 4.69) is 5.32 Å². The van der Waals surface area contributed by atoms with Crippen molar-refractivity contribution in [1.82, 2.24) is 0 Å². The molecular weight excluding hydrogens is 318 g/mol. The zero-order valence-electron chi connectivity index (χ0n) is 12.5. The molecule has 0 aliphatic rings. The maximum atomic E-state index is 11.9. The van der Waals surface area contributed by atoms with Gasteiger partial charge in [-0.15, -0.1) is 0 Å². The normalized spacial score (nSPS) is 11.4. The summed E-state index contributed by atoms with van der Waals surface area (Å²) in [6, 6.07) is 15.5. The van der Waals surface area contributed by atoms with Gasteiger partial charge in [0, 0.05) is 10.7 Å². The van der Waals surface area contributed by atoms with E-state index in [0.717, 1.165) is 0 Å². The Kier molecular flexibility index (Phi) is 6.00. The summed E-state index contributed by atoms with van der Waals surface area (Å²) < 4.78 is 10.3. The number of amides is 1. The smallest absolute Gasteiger partial charge is 0.344 e. The fraction of sp³-hybridized carbons (Fsp3) is 0.176. The first-order chi connectivity index (χ1) is 11.0. The number of carbonyl (C=O) groups is 2. The minimum atomic E-state index is -0.933. The maximum absolute atomic E-state index is 11.9. The van der Waals surface area contributed by atoms with Crippen molar-refractivity contribution in [3.63, 3.8) is 0 Å². The van der Waals surface area contributed by atoms with E-state index in [0.29, 0.717) is 16.5 Å². The number of nitrogens with one attached hydrogen (secondary N) is 1. The van der Waals surface area contributed by atoms with Gasteiger partial charge < -0.3 is 14.8 Å². The molecule has 0 saturated carbocycles. The highest BCUT2D eigenvalue weighted by Crippen LogP contribution is 2.14. The van der Waals surface area contributed by atoms with Gasteiger partial charge in [-0.2, -0.15) is 0 Å². The van der Waals surface area contributed by atoms with Crippen molar-refractivity contribution in [2.24, 2.45) is 0 Å². The zero-order valence-corrected chi connectivity index (χ0v) is 13.2. The van der Waals surface area contributed by atoms with Gasteiger partial charge in [0.05, 0.1) is 0 Å². The Morgan fingerprint density at radius 1 is 1.09 bits per heavy atom. The van der Waals surface area contributed by atoms with E-state index >= 15 is 0 Å². The molecule has 0 fully saturated rings. The number of anilines is 1. The lowest BCUT2D eigenvalue weighted by atomic mass is 10.3. The predicted octanol–water partition coefficient (Wildman–Crippen LogP) is 3.29. The van der Waals surface area contributed by atoms with Crippen LogP contribution in [0.1, 0.15) is 6.92 Å². The Balaban J connectivity index is 1.78. The lowest BCUT2D eigenvalue weighted by Crippen LogP contribution is -2.31. The molecule has 0 aromatic heterocycles. The number of benzene rings is 2. The molecule has 1 unspecified atom stereocenters. The third kappa shape index (κ3) is 5.64. The van der Waals surface area contributed by atoms with Crippen molar-refractivity contribution in [1.29, 1.82) is 0 Å². The Morgan fingerprint density at radius 3 is 2.39 bits per heavy atom. The van der Waals surface area contributed by atoms with Crippen molar-refractivity contribution in [2.75, 3.05) is 11.9 Å². The van der Waals surface area contributed by atoms with Gasteiger partial charge >= 0.3 is 5.97 Å². The average Bonchev–Trinajstić information content (AvgIpc) is 2.56. The molecule has 120 valence electrons. The molecular formula is C17H16ClNO4. The van der Waals surface area contributed by atoms with Crippen LogP contribution in [0.25, 0.3) is 0 Å². The van der Waals surface area contributed by atoms with Crippen LogP contribution in [0.2, 0.25) is 5.02 Å². The number of hydrogen-bond donors (Lipinski definition) is 1. The third-order valence-corrected chi connectivity index (χ3v) is 3.14. The molecule has 5 nitrogen and oxygen atoms in total. The molecule has 0 spiro atoms. The van der Waals surface area contributed by atoms with E-state index in [-0.39, 0.29) is 6.61 Å². The first kappa shape index (κ1) is 16.8. The molecule has 0 heterocycles. The molecule has 2 aromatic carbocycles. The highest BCUT2D eigenvalue weighted by Gasteiger charge is 2.18. The third-order valence-electron chi connectivity index (χ3n) is 2.89. The molecule has 2 rings (SSSR count). The Bertz CT molecular complexity index is 658. The van der Waals surface area contributed by atoms with Crippen molar-refractivity contribution < 1.29 is 19.1 Å². The van der Waals surface area contributed by atoms with Crippen LogP contribution in [0.15, 0.2) is 54.6 Å². The standard InChI is InChI=1S/C17H16ClNO4/c1-12(17(21)19-14-9-7-13(18)8-10-14)23-16(20)11-22-15-5-3-2-4-6-15/h2-10,12H,11H2,1H3,(H,19,21). The summed E-state index contributed by atoms with van der Waals surface area (Å²) in [7, 11) is 0. The highest BCUT2D eigenvalue weighted by molar-refractivity contribution is 6.30. The monoisotopic (exact) mass is 333 g/mol. The Hall–Kier alpha value is -2.53. The van der Waals surface area contributed by atoms with Crippen LogP contribution in [0.5, 0.6) is 5.75 Å². The minimum Gasteiger partial charge on any atom is -0.482 e.